The first-order chi connectivity index (χ1) is 11.8. The molecule has 3 aromatic heterocycles. The van der Waals surface area contributed by atoms with Gasteiger partial charge in [-0.05, 0) is 29.6 Å². The Bertz CT molecular complexity index is 952. The number of benzene rings is 1. The molecule has 0 radical (unpaired) electrons. The highest BCUT2D eigenvalue weighted by Crippen LogP contribution is 2.28. The summed E-state index contributed by atoms with van der Waals surface area (Å²) in [6.45, 7) is 0. The van der Waals surface area contributed by atoms with Crippen molar-refractivity contribution in [3.8, 4) is 22.2 Å². The van der Waals surface area contributed by atoms with Crippen LogP contribution in [0.3, 0.4) is 0 Å². The van der Waals surface area contributed by atoms with Crippen molar-refractivity contribution in [2.24, 2.45) is 0 Å². The molecule has 0 saturated heterocycles. The first-order valence-corrected chi connectivity index (χ1v) is 9.11. The molecule has 0 unspecified atom stereocenters. The van der Waals surface area contributed by atoms with Crippen LogP contribution in [-0.2, 0) is 5.75 Å². The molecule has 0 aliphatic carbocycles. The maximum atomic E-state index is 5.97. The van der Waals surface area contributed by atoms with E-state index in [1.54, 1.807) is 23.5 Å². The van der Waals surface area contributed by atoms with Crippen LogP contribution in [0.2, 0.25) is 5.02 Å². The molecule has 3 heterocycles. The standard InChI is InChI=1S/C15H9ClN4O2S2/c16-10-4-1-3-9(7-10)14-18-19-15(21-14)24-8-12-17-13(20-22-12)11-5-2-6-23-11/h1-7H,8H2. The van der Waals surface area contributed by atoms with E-state index in [0.717, 1.165) is 10.4 Å². The highest BCUT2D eigenvalue weighted by molar-refractivity contribution is 7.98. The van der Waals surface area contributed by atoms with Gasteiger partial charge in [-0.1, -0.05) is 40.7 Å². The number of aromatic nitrogens is 4. The van der Waals surface area contributed by atoms with Crippen molar-refractivity contribution in [1.82, 2.24) is 20.3 Å². The molecular formula is C15H9ClN4O2S2. The monoisotopic (exact) mass is 376 g/mol. The van der Waals surface area contributed by atoms with Crippen molar-refractivity contribution in [1.29, 1.82) is 0 Å². The van der Waals surface area contributed by atoms with E-state index >= 15 is 0 Å². The Morgan fingerprint density at radius 3 is 2.96 bits per heavy atom. The summed E-state index contributed by atoms with van der Waals surface area (Å²) >= 11 is 8.87. The largest absolute Gasteiger partial charge is 0.411 e. The van der Waals surface area contributed by atoms with Crippen LogP contribution in [0.1, 0.15) is 5.89 Å². The molecule has 4 aromatic rings. The third-order valence-electron chi connectivity index (χ3n) is 3.01. The smallest absolute Gasteiger partial charge is 0.277 e. The zero-order valence-corrected chi connectivity index (χ0v) is 14.4. The molecule has 0 aliphatic rings. The van der Waals surface area contributed by atoms with Gasteiger partial charge in [-0.2, -0.15) is 4.98 Å². The predicted octanol–water partition coefficient (Wildman–Crippen LogP) is 4.79. The lowest BCUT2D eigenvalue weighted by Gasteiger charge is -1.94. The van der Waals surface area contributed by atoms with E-state index in [9.17, 15) is 0 Å². The molecule has 0 bridgehead atoms. The molecule has 24 heavy (non-hydrogen) atoms. The van der Waals surface area contributed by atoms with Gasteiger partial charge in [-0.25, -0.2) is 0 Å². The summed E-state index contributed by atoms with van der Waals surface area (Å²) in [5.74, 6) is 1.97. The number of rotatable bonds is 5. The number of nitrogens with zero attached hydrogens (tertiary/aromatic N) is 4. The van der Waals surface area contributed by atoms with Crippen LogP contribution >= 0.6 is 34.7 Å². The minimum absolute atomic E-state index is 0.421. The van der Waals surface area contributed by atoms with Gasteiger partial charge in [-0.15, -0.1) is 21.5 Å². The van der Waals surface area contributed by atoms with Gasteiger partial charge in [0.25, 0.3) is 5.22 Å². The normalized spacial score (nSPS) is 11.0. The van der Waals surface area contributed by atoms with Gasteiger partial charge in [0.15, 0.2) is 0 Å². The third kappa shape index (κ3) is 3.35. The lowest BCUT2D eigenvalue weighted by molar-refractivity contribution is 0.391. The van der Waals surface area contributed by atoms with Crippen molar-refractivity contribution in [2.75, 3.05) is 0 Å². The maximum absolute atomic E-state index is 5.97. The molecule has 0 atom stereocenters. The van der Waals surface area contributed by atoms with Gasteiger partial charge in [0.1, 0.15) is 0 Å². The highest BCUT2D eigenvalue weighted by atomic mass is 35.5. The van der Waals surface area contributed by atoms with Crippen LogP contribution in [0, 0.1) is 0 Å². The predicted molar refractivity (Wildman–Crippen MR) is 91.9 cm³/mol. The zero-order valence-electron chi connectivity index (χ0n) is 12.0. The van der Waals surface area contributed by atoms with Crippen LogP contribution in [0.4, 0.5) is 0 Å². The Kier molecular flexibility index (Phi) is 4.33. The Balaban J connectivity index is 1.43. The van der Waals surface area contributed by atoms with Crippen molar-refractivity contribution in [2.45, 2.75) is 11.0 Å². The van der Waals surface area contributed by atoms with Gasteiger partial charge in [0.2, 0.25) is 17.6 Å². The van der Waals surface area contributed by atoms with Crippen LogP contribution in [-0.4, -0.2) is 20.3 Å². The third-order valence-corrected chi connectivity index (χ3v) is 4.91. The molecule has 4 rings (SSSR count). The minimum atomic E-state index is 0.421. The molecule has 1 aromatic carbocycles. The first kappa shape index (κ1) is 15.4. The second kappa shape index (κ2) is 6.76. The van der Waals surface area contributed by atoms with Gasteiger partial charge in [-0.3, -0.25) is 0 Å². The quantitative estimate of drug-likeness (QED) is 0.463. The van der Waals surface area contributed by atoms with Crippen molar-refractivity contribution in [3.63, 3.8) is 0 Å². The fourth-order valence-electron chi connectivity index (χ4n) is 1.95. The molecular weight excluding hydrogens is 368 g/mol. The molecule has 9 heteroatoms. The summed E-state index contributed by atoms with van der Waals surface area (Å²) < 4.78 is 10.9. The molecule has 0 saturated carbocycles. The van der Waals surface area contributed by atoms with Crippen molar-refractivity contribution in [3.05, 3.63) is 52.7 Å². The summed E-state index contributed by atoms with van der Waals surface area (Å²) in [5.41, 5.74) is 0.777. The van der Waals surface area contributed by atoms with E-state index in [2.05, 4.69) is 20.3 Å². The van der Waals surface area contributed by atoms with E-state index in [4.69, 9.17) is 20.5 Å². The number of thiophene rings is 1. The molecule has 0 spiro atoms. The van der Waals surface area contributed by atoms with Gasteiger partial charge in [0.05, 0.1) is 10.6 Å². The summed E-state index contributed by atoms with van der Waals surface area (Å²) in [5, 5.41) is 15.0. The second-order valence-electron chi connectivity index (χ2n) is 4.66. The number of hydrogen-bond donors (Lipinski definition) is 0. The lowest BCUT2D eigenvalue weighted by Crippen LogP contribution is -1.81. The zero-order chi connectivity index (χ0) is 16.4. The molecule has 0 aliphatic heterocycles. The SMILES string of the molecule is Clc1cccc(-c2nnc(SCc3nc(-c4cccs4)no3)o2)c1. The Morgan fingerprint density at radius 1 is 1.17 bits per heavy atom. The van der Waals surface area contributed by atoms with Gasteiger partial charge in [0, 0.05) is 10.6 Å². The number of thioether (sulfide) groups is 1. The van der Waals surface area contributed by atoms with Gasteiger partial charge < -0.3 is 8.94 Å². The van der Waals surface area contributed by atoms with Crippen LogP contribution in [0.15, 0.2) is 55.9 Å². The Labute approximate surface area is 149 Å². The van der Waals surface area contributed by atoms with Crippen molar-refractivity contribution >= 4 is 34.7 Å². The van der Waals surface area contributed by atoms with E-state index in [-0.39, 0.29) is 0 Å². The van der Waals surface area contributed by atoms with Crippen LogP contribution in [0.5, 0.6) is 0 Å². The summed E-state index contributed by atoms with van der Waals surface area (Å²) in [4.78, 5) is 5.32. The van der Waals surface area contributed by atoms with Gasteiger partial charge >= 0.3 is 0 Å². The topological polar surface area (TPSA) is 77.8 Å². The Hall–Kier alpha value is -2.16. The summed E-state index contributed by atoms with van der Waals surface area (Å²) in [6.07, 6.45) is 0. The average molecular weight is 377 g/mol. The van der Waals surface area contributed by atoms with Crippen LogP contribution in [0.25, 0.3) is 22.2 Å². The molecule has 0 amide bonds. The van der Waals surface area contributed by atoms with E-state index in [0.29, 0.717) is 33.6 Å². The first-order valence-electron chi connectivity index (χ1n) is 6.86. The van der Waals surface area contributed by atoms with Crippen molar-refractivity contribution < 1.29 is 8.94 Å². The Morgan fingerprint density at radius 2 is 2.12 bits per heavy atom. The lowest BCUT2D eigenvalue weighted by atomic mass is 10.2. The second-order valence-corrected chi connectivity index (χ2v) is 6.97. The number of halogens is 1. The molecule has 120 valence electrons. The summed E-state index contributed by atoms with van der Waals surface area (Å²) in [6, 6.07) is 11.1. The molecule has 0 N–H and O–H groups in total. The minimum Gasteiger partial charge on any atom is -0.411 e. The average Bonchev–Trinajstić information content (AvgIpc) is 3.33. The fraction of sp³-hybridized carbons (Fsp3) is 0.0667. The summed E-state index contributed by atoms with van der Waals surface area (Å²) in [7, 11) is 0. The van der Waals surface area contributed by atoms with E-state index < -0.39 is 0 Å². The highest BCUT2D eigenvalue weighted by Gasteiger charge is 2.13. The van der Waals surface area contributed by atoms with E-state index in [1.807, 2.05) is 29.6 Å². The maximum Gasteiger partial charge on any atom is 0.277 e. The number of hydrogen-bond acceptors (Lipinski definition) is 8. The van der Waals surface area contributed by atoms with E-state index in [1.165, 1.54) is 11.8 Å². The molecule has 0 fully saturated rings. The van der Waals surface area contributed by atoms with Crippen LogP contribution < -0.4 is 0 Å². The molecule has 6 nitrogen and oxygen atoms in total. The fourth-order valence-corrected chi connectivity index (χ4v) is 3.39.